The van der Waals surface area contributed by atoms with Crippen LogP contribution in [0.4, 0.5) is 5.69 Å². The van der Waals surface area contributed by atoms with Gasteiger partial charge in [0.15, 0.2) is 5.11 Å². The number of nitrogens with zero attached hydrogens (tertiary/aromatic N) is 4. The molecule has 1 aromatic heterocycles. The number of nitrogens with one attached hydrogen (secondary N) is 1. The number of hydrogen-bond donors (Lipinski definition) is 1. The molecule has 0 atom stereocenters. The average molecular weight is 495 g/mol. The van der Waals surface area contributed by atoms with Gasteiger partial charge in [-0.25, -0.2) is 0 Å². The highest BCUT2D eigenvalue weighted by Gasteiger charge is 2.19. The fourth-order valence-electron chi connectivity index (χ4n) is 3.54. The van der Waals surface area contributed by atoms with E-state index in [4.69, 9.17) is 47.0 Å². The van der Waals surface area contributed by atoms with Crippen LogP contribution in [0.5, 0.6) is 0 Å². The minimum absolute atomic E-state index is 0.586. The summed E-state index contributed by atoms with van der Waals surface area (Å²) in [5.41, 5.74) is 3.14. The van der Waals surface area contributed by atoms with Crippen LogP contribution in [0, 0.1) is 0 Å². The zero-order chi connectivity index (χ0) is 21.8. The first kappa shape index (κ1) is 22.4. The summed E-state index contributed by atoms with van der Waals surface area (Å²) in [7, 11) is 0. The first-order valence-electron chi connectivity index (χ1n) is 9.95. The third kappa shape index (κ3) is 6.11. The Morgan fingerprint density at radius 3 is 2.45 bits per heavy atom. The fraction of sp³-hybridized carbons (Fsp3) is 0.273. The lowest BCUT2D eigenvalue weighted by Crippen LogP contribution is -2.49. The van der Waals surface area contributed by atoms with Crippen LogP contribution in [0.15, 0.2) is 54.9 Å². The predicted octanol–water partition coefficient (Wildman–Crippen LogP) is 5.41. The maximum Gasteiger partial charge on any atom is 0.173 e. The molecule has 0 bridgehead atoms. The molecule has 2 heterocycles. The molecule has 0 spiro atoms. The van der Waals surface area contributed by atoms with E-state index in [0.717, 1.165) is 59.7 Å². The van der Waals surface area contributed by atoms with Crippen molar-refractivity contribution in [3.05, 3.63) is 81.1 Å². The average Bonchev–Trinajstić information content (AvgIpc) is 3.18. The molecular weight excluding hydrogens is 473 g/mol. The highest BCUT2D eigenvalue weighted by molar-refractivity contribution is 7.80. The molecule has 2 aromatic carbocycles. The van der Waals surface area contributed by atoms with Gasteiger partial charge in [0.2, 0.25) is 0 Å². The van der Waals surface area contributed by atoms with Crippen LogP contribution in [-0.4, -0.2) is 50.9 Å². The van der Waals surface area contributed by atoms with Crippen LogP contribution < -0.4 is 5.32 Å². The second-order valence-electron chi connectivity index (χ2n) is 7.50. The number of rotatable bonds is 5. The minimum atomic E-state index is 0.586. The van der Waals surface area contributed by atoms with Gasteiger partial charge in [-0.2, -0.15) is 5.10 Å². The third-order valence-electron chi connectivity index (χ3n) is 5.17. The van der Waals surface area contributed by atoms with Gasteiger partial charge in [-0.3, -0.25) is 9.58 Å². The molecular formula is C22H22Cl3N5S. The lowest BCUT2D eigenvalue weighted by Gasteiger charge is -2.36. The maximum absolute atomic E-state index is 6.13. The molecule has 1 saturated heterocycles. The Kier molecular flexibility index (Phi) is 7.35. The zero-order valence-corrected chi connectivity index (χ0v) is 19.9. The van der Waals surface area contributed by atoms with Crippen LogP contribution in [0.25, 0.3) is 0 Å². The van der Waals surface area contributed by atoms with Gasteiger partial charge in [-0.1, -0.05) is 53.0 Å². The van der Waals surface area contributed by atoms with Gasteiger partial charge in [-0.05, 0) is 47.6 Å². The first-order chi connectivity index (χ1) is 15.0. The summed E-state index contributed by atoms with van der Waals surface area (Å²) in [6.45, 7) is 5.09. The Morgan fingerprint density at radius 2 is 1.71 bits per heavy atom. The Hall–Kier alpha value is -1.83. The summed E-state index contributed by atoms with van der Waals surface area (Å²) in [6, 6.07) is 13.6. The topological polar surface area (TPSA) is 36.3 Å². The van der Waals surface area contributed by atoms with Crippen LogP contribution in [0.3, 0.4) is 0 Å². The Bertz CT molecular complexity index is 1060. The van der Waals surface area contributed by atoms with E-state index < -0.39 is 0 Å². The van der Waals surface area contributed by atoms with Gasteiger partial charge >= 0.3 is 0 Å². The number of aromatic nitrogens is 2. The van der Waals surface area contributed by atoms with Crippen LogP contribution >= 0.6 is 47.0 Å². The number of thiocarbonyl (C=S) groups is 1. The molecule has 162 valence electrons. The van der Waals surface area contributed by atoms with Crippen LogP contribution in [0.1, 0.15) is 11.1 Å². The largest absolute Gasteiger partial charge is 0.346 e. The highest BCUT2D eigenvalue weighted by atomic mass is 35.5. The molecule has 1 aliphatic rings. The smallest absolute Gasteiger partial charge is 0.173 e. The van der Waals surface area contributed by atoms with E-state index in [-0.39, 0.29) is 0 Å². The minimum Gasteiger partial charge on any atom is -0.346 e. The molecule has 1 N–H and O–H groups in total. The first-order valence-corrected chi connectivity index (χ1v) is 11.5. The third-order valence-corrected chi connectivity index (χ3v) is 6.50. The summed E-state index contributed by atoms with van der Waals surface area (Å²) in [4.78, 5) is 4.58. The van der Waals surface area contributed by atoms with Crippen molar-refractivity contribution in [3.63, 3.8) is 0 Å². The molecule has 0 unspecified atom stereocenters. The second-order valence-corrected chi connectivity index (χ2v) is 9.14. The van der Waals surface area contributed by atoms with E-state index in [1.165, 1.54) is 0 Å². The predicted molar refractivity (Wildman–Crippen MR) is 132 cm³/mol. The van der Waals surface area contributed by atoms with Gasteiger partial charge in [0, 0.05) is 43.9 Å². The number of anilines is 1. The Morgan fingerprint density at radius 1 is 0.935 bits per heavy atom. The van der Waals surface area contributed by atoms with Gasteiger partial charge in [0.05, 0.1) is 28.5 Å². The molecule has 31 heavy (non-hydrogen) atoms. The molecule has 0 saturated carbocycles. The molecule has 9 heteroatoms. The Labute approximate surface area is 202 Å². The summed E-state index contributed by atoms with van der Waals surface area (Å²) < 4.78 is 1.87. The highest BCUT2D eigenvalue weighted by Crippen LogP contribution is 2.23. The molecule has 0 radical (unpaired) electrons. The van der Waals surface area contributed by atoms with E-state index in [1.54, 1.807) is 6.20 Å². The van der Waals surface area contributed by atoms with Crippen LogP contribution in [-0.2, 0) is 13.1 Å². The molecule has 0 aliphatic carbocycles. The fourth-order valence-corrected chi connectivity index (χ4v) is 4.38. The van der Waals surface area contributed by atoms with E-state index in [9.17, 15) is 0 Å². The number of halogens is 3. The van der Waals surface area contributed by atoms with Gasteiger partial charge < -0.3 is 10.2 Å². The van der Waals surface area contributed by atoms with Gasteiger partial charge in [0.25, 0.3) is 0 Å². The quantitative estimate of drug-likeness (QED) is 0.480. The number of benzene rings is 2. The van der Waals surface area contributed by atoms with Crippen molar-refractivity contribution in [2.75, 3.05) is 31.5 Å². The van der Waals surface area contributed by atoms with Crippen molar-refractivity contribution >= 4 is 57.8 Å². The van der Waals surface area contributed by atoms with Crippen molar-refractivity contribution in [1.82, 2.24) is 19.6 Å². The molecule has 0 amide bonds. The molecule has 1 aliphatic heterocycles. The lowest BCUT2D eigenvalue weighted by molar-refractivity contribution is 0.177. The van der Waals surface area contributed by atoms with E-state index in [0.29, 0.717) is 16.6 Å². The lowest BCUT2D eigenvalue weighted by atomic mass is 10.2. The SMILES string of the molecule is S=C(Nc1cnn(Cc2cccc(Cl)c2)c1)N1CCN(Cc2ccc(Cl)c(Cl)c2)CC1. The maximum atomic E-state index is 6.13. The number of hydrogen-bond acceptors (Lipinski definition) is 3. The van der Waals surface area contributed by atoms with Crippen LogP contribution in [0.2, 0.25) is 15.1 Å². The van der Waals surface area contributed by atoms with Crippen molar-refractivity contribution < 1.29 is 0 Å². The molecule has 5 nitrogen and oxygen atoms in total. The Balaban J connectivity index is 1.26. The van der Waals surface area contributed by atoms with E-state index >= 15 is 0 Å². The van der Waals surface area contributed by atoms with Crippen molar-refractivity contribution in [2.45, 2.75) is 13.1 Å². The summed E-state index contributed by atoms with van der Waals surface area (Å²) >= 11 is 23.8. The van der Waals surface area contributed by atoms with E-state index in [2.05, 4.69) is 20.2 Å². The summed E-state index contributed by atoms with van der Waals surface area (Å²) in [6.07, 6.45) is 3.74. The summed E-state index contributed by atoms with van der Waals surface area (Å²) in [5.74, 6) is 0. The standard InChI is InChI=1S/C22H22Cl3N5S/c23-18-3-1-2-16(10-18)14-30-15-19(12-26-30)27-22(31)29-8-6-28(7-9-29)13-17-4-5-20(24)21(25)11-17/h1-5,10-12,15H,6-9,13-14H2,(H,27,31). The summed E-state index contributed by atoms with van der Waals surface area (Å²) in [5, 5.41) is 10.3. The monoisotopic (exact) mass is 493 g/mol. The number of piperazine rings is 1. The second kappa shape index (κ2) is 10.2. The van der Waals surface area contributed by atoms with Crippen molar-refractivity contribution in [2.24, 2.45) is 0 Å². The van der Waals surface area contributed by atoms with Crippen molar-refractivity contribution in [1.29, 1.82) is 0 Å². The van der Waals surface area contributed by atoms with Crippen molar-refractivity contribution in [3.8, 4) is 0 Å². The van der Waals surface area contributed by atoms with Gasteiger partial charge in [-0.15, -0.1) is 0 Å². The molecule has 3 aromatic rings. The molecule has 1 fully saturated rings. The zero-order valence-electron chi connectivity index (χ0n) is 16.8. The van der Waals surface area contributed by atoms with Gasteiger partial charge in [0.1, 0.15) is 0 Å². The molecule has 4 rings (SSSR count). The van der Waals surface area contributed by atoms with E-state index in [1.807, 2.05) is 53.3 Å². The normalized spacial score (nSPS) is 14.6.